The van der Waals surface area contributed by atoms with Crippen LogP contribution in [0.1, 0.15) is 24.0 Å². The summed E-state index contributed by atoms with van der Waals surface area (Å²) in [7, 11) is -2.91. The van der Waals surface area contributed by atoms with Crippen molar-refractivity contribution in [2.24, 2.45) is 5.92 Å². The summed E-state index contributed by atoms with van der Waals surface area (Å²) in [6.45, 7) is 4.86. The van der Waals surface area contributed by atoms with E-state index in [-0.39, 0.29) is 23.3 Å². The third-order valence-corrected chi connectivity index (χ3v) is 7.51. The summed E-state index contributed by atoms with van der Waals surface area (Å²) in [5.41, 5.74) is 2.59. The minimum atomic E-state index is -2.91. The lowest BCUT2D eigenvalue weighted by Gasteiger charge is -2.35. The molecule has 7 heteroatoms. The van der Waals surface area contributed by atoms with Crippen molar-refractivity contribution in [3.8, 4) is 5.75 Å². The van der Waals surface area contributed by atoms with E-state index in [4.69, 9.17) is 4.74 Å². The lowest BCUT2D eigenvalue weighted by molar-refractivity contribution is -0.133. The average Bonchev–Trinajstić information content (AvgIpc) is 3.21. The molecule has 0 bridgehead atoms. The first-order chi connectivity index (χ1) is 12.5. The van der Waals surface area contributed by atoms with E-state index in [1.54, 1.807) is 0 Å². The predicted octanol–water partition coefficient (Wildman–Crippen LogP) is 1.09. The van der Waals surface area contributed by atoms with E-state index < -0.39 is 9.84 Å². The van der Waals surface area contributed by atoms with E-state index in [1.165, 1.54) is 11.1 Å². The van der Waals surface area contributed by atoms with Crippen LogP contribution < -0.4 is 4.74 Å². The molecule has 0 radical (unpaired) electrons. The van der Waals surface area contributed by atoms with Crippen LogP contribution in [0.4, 0.5) is 0 Å². The fourth-order valence-electron chi connectivity index (χ4n) is 4.16. The smallest absolute Gasteiger partial charge is 0.222 e. The molecular weight excluding hydrogens is 352 g/mol. The first kappa shape index (κ1) is 17.8. The van der Waals surface area contributed by atoms with Crippen LogP contribution in [-0.2, 0) is 27.6 Å². The minimum Gasteiger partial charge on any atom is -0.493 e. The van der Waals surface area contributed by atoms with Crippen molar-refractivity contribution < 1.29 is 17.9 Å². The van der Waals surface area contributed by atoms with Gasteiger partial charge in [-0.25, -0.2) is 8.42 Å². The predicted molar refractivity (Wildman–Crippen MR) is 98.9 cm³/mol. The normalized spacial score (nSPS) is 25.1. The lowest BCUT2D eigenvalue weighted by atomic mass is 10.0. The van der Waals surface area contributed by atoms with Gasteiger partial charge in [0.15, 0.2) is 9.84 Å². The van der Waals surface area contributed by atoms with Crippen LogP contribution >= 0.6 is 0 Å². The first-order valence-corrected chi connectivity index (χ1v) is 11.3. The number of hydrogen-bond acceptors (Lipinski definition) is 5. The molecule has 4 rings (SSSR count). The molecule has 2 fully saturated rings. The molecule has 142 valence electrons. The summed E-state index contributed by atoms with van der Waals surface area (Å²) in [5, 5.41) is 0. The van der Waals surface area contributed by atoms with Crippen LogP contribution in [0.3, 0.4) is 0 Å². The second kappa shape index (κ2) is 7.19. The molecule has 2 saturated heterocycles. The summed E-state index contributed by atoms with van der Waals surface area (Å²) in [4.78, 5) is 16.7. The Labute approximate surface area is 155 Å². The zero-order valence-corrected chi connectivity index (χ0v) is 15.8. The first-order valence-electron chi connectivity index (χ1n) is 9.44. The number of amides is 1. The minimum absolute atomic E-state index is 0.0131. The number of sulfone groups is 1. The Morgan fingerprint density at radius 1 is 1.19 bits per heavy atom. The Morgan fingerprint density at radius 3 is 2.73 bits per heavy atom. The van der Waals surface area contributed by atoms with Crippen molar-refractivity contribution in [3.05, 3.63) is 29.3 Å². The number of carbonyl (C=O) groups is 1. The van der Waals surface area contributed by atoms with Gasteiger partial charge >= 0.3 is 0 Å². The van der Waals surface area contributed by atoms with Gasteiger partial charge < -0.3 is 9.64 Å². The van der Waals surface area contributed by atoms with Gasteiger partial charge in [0.05, 0.1) is 18.1 Å². The molecule has 0 N–H and O–H groups in total. The number of hydrogen-bond donors (Lipinski definition) is 0. The van der Waals surface area contributed by atoms with Crippen LogP contribution in [0, 0.1) is 5.92 Å². The topological polar surface area (TPSA) is 66.9 Å². The molecule has 1 aromatic rings. The van der Waals surface area contributed by atoms with Crippen LogP contribution in [0.25, 0.3) is 0 Å². The fraction of sp³-hybridized carbons (Fsp3) is 0.632. The van der Waals surface area contributed by atoms with Crippen LogP contribution in [0.5, 0.6) is 5.75 Å². The summed E-state index contributed by atoms with van der Waals surface area (Å²) < 4.78 is 28.6. The van der Waals surface area contributed by atoms with E-state index in [9.17, 15) is 13.2 Å². The van der Waals surface area contributed by atoms with Gasteiger partial charge in [0, 0.05) is 45.6 Å². The molecule has 1 aromatic carbocycles. The van der Waals surface area contributed by atoms with Gasteiger partial charge in [-0.1, -0.05) is 12.1 Å². The molecule has 1 unspecified atom stereocenters. The standard InChI is InChI=1S/C19H26N2O4S/c22-19(12-16-4-10-26(23,24)14-16)21-7-5-20(6-8-21)13-15-1-2-18-17(11-15)3-9-25-18/h1-2,11,16H,3-10,12-14H2. The fourth-order valence-corrected chi connectivity index (χ4v) is 6.02. The van der Waals surface area contributed by atoms with Crippen LogP contribution in [-0.4, -0.2) is 68.4 Å². The van der Waals surface area contributed by atoms with Gasteiger partial charge in [-0.3, -0.25) is 9.69 Å². The highest BCUT2D eigenvalue weighted by Crippen LogP contribution is 2.27. The molecule has 3 aliphatic heterocycles. The number of fused-ring (bicyclic) bond motifs is 1. The molecule has 0 aliphatic carbocycles. The molecule has 0 spiro atoms. The summed E-state index contributed by atoms with van der Waals surface area (Å²) >= 11 is 0. The van der Waals surface area contributed by atoms with Gasteiger partial charge in [-0.05, 0) is 29.5 Å². The van der Waals surface area contributed by atoms with Gasteiger partial charge in [0.2, 0.25) is 5.91 Å². The average molecular weight is 378 g/mol. The summed E-state index contributed by atoms with van der Waals surface area (Å²) in [5.74, 6) is 1.56. The number of carbonyl (C=O) groups excluding carboxylic acids is 1. The maximum absolute atomic E-state index is 12.5. The monoisotopic (exact) mass is 378 g/mol. The van der Waals surface area contributed by atoms with Crippen molar-refractivity contribution in [3.63, 3.8) is 0 Å². The molecule has 26 heavy (non-hydrogen) atoms. The number of ether oxygens (including phenoxy) is 1. The molecule has 6 nitrogen and oxygen atoms in total. The number of benzene rings is 1. The van der Waals surface area contributed by atoms with Crippen molar-refractivity contribution >= 4 is 15.7 Å². The Hall–Kier alpha value is -1.60. The van der Waals surface area contributed by atoms with E-state index in [2.05, 4.69) is 23.1 Å². The third kappa shape index (κ3) is 4.04. The molecule has 3 heterocycles. The second-order valence-corrected chi connectivity index (χ2v) is 9.90. The lowest BCUT2D eigenvalue weighted by Crippen LogP contribution is -2.48. The van der Waals surface area contributed by atoms with Gasteiger partial charge in [-0.15, -0.1) is 0 Å². The SMILES string of the molecule is O=C(CC1CCS(=O)(=O)C1)N1CCN(Cc2ccc3c(c2)CCO3)CC1. The molecule has 3 aliphatic rings. The van der Waals surface area contributed by atoms with Gasteiger partial charge in [-0.2, -0.15) is 0 Å². The number of piperazine rings is 1. The van der Waals surface area contributed by atoms with Crippen molar-refractivity contribution in [2.75, 3.05) is 44.3 Å². The Balaban J connectivity index is 1.25. The zero-order valence-electron chi connectivity index (χ0n) is 15.0. The summed E-state index contributed by atoms with van der Waals surface area (Å²) in [6.07, 6.45) is 2.00. The number of rotatable bonds is 4. The van der Waals surface area contributed by atoms with E-state index in [0.717, 1.165) is 51.5 Å². The quantitative estimate of drug-likeness (QED) is 0.785. The summed E-state index contributed by atoms with van der Waals surface area (Å²) in [6, 6.07) is 6.43. The third-order valence-electron chi connectivity index (χ3n) is 5.68. The highest BCUT2D eigenvalue weighted by atomic mass is 32.2. The maximum Gasteiger partial charge on any atom is 0.222 e. The number of nitrogens with zero attached hydrogens (tertiary/aromatic N) is 2. The molecule has 1 atom stereocenters. The second-order valence-electron chi connectivity index (χ2n) is 7.67. The van der Waals surface area contributed by atoms with Crippen molar-refractivity contribution in [2.45, 2.75) is 25.8 Å². The highest BCUT2D eigenvalue weighted by molar-refractivity contribution is 7.91. The van der Waals surface area contributed by atoms with Gasteiger partial charge in [0.1, 0.15) is 5.75 Å². The van der Waals surface area contributed by atoms with Crippen LogP contribution in [0.2, 0.25) is 0 Å². The van der Waals surface area contributed by atoms with Crippen molar-refractivity contribution in [1.29, 1.82) is 0 Å². The Morgan fingerprint density at radius 2 is 2.00 bits per heavy atom. The van der Waals surface area contributed by atoms with E-state index >= 15 is 0 Å². The zero-order chi connectivity index (χ0) is 18.1. The van der Waals surface area contributed by atoms with Crippen LogP contribution in [0.15, 0.2) is 18.2 Å². The highest BCUT2D eigenvalue weighted by Gasteiger charge is 2.31. The van der Waals surface area contributed by atoms with Gasteiger partial charge in [0.25, 0.3) is 0 Å². The van der Waals surface area contributed by atoms with E-state index in [1.807, 2.05) is 4.90 Å². The Bertz CT molecular complexity index is 785. The molecule has 0 saturated carbocycles. The van der Waals surface area contributed by atoms with E-state index in [0.29, 0.717) is 12.8 Å². The van der Waals surface area contributed by atoms with Crippen molar-refractivity contribution in [1.82, 2.24) is 9.80 Å². The maximum atomic E-state index is 12.5. The molecule has 1 amide bonds. The molecule has 0 aromatic heterocycles. The largest absolute Gasteiger partial charge is 0.493 e. The Kier molecular flexibility index (Phi) is 4.92. The molecular formula is C19H26N2O4S.